The van der Waals surface area contributed by atoms with Gasteiger partial charge >= 0.3 is 0 Å². The van der Waals surface area contributed by atoms with Gasteiger partial charge in [-0.2, -0.15) is 0 Å². The Morgan fingerprint density at radius 1 is 1.17 bits per heavy atom. The van der Waals surface area contributed by atoms with Crippen molar-refractivity contribution in [3.8, 4) is 0 Å². The van der Waals surface area contributed by atoms with Crippen LogP contribution in [0.15, 0.2) is 0 Å². The molecular weight excluding hydrogens is 294 g/mol. The minimum atomic E-state index is 0.261. The lowest BCUT2D eigenvalue weighted by molar-refractivity contribution is -0.149. The minimum absolute atomic E-state index is 0.261. The van der Waals surface area contributed by atoms with Crippen molar-refractivity contribution in [2.24, 2.45) is 11.8 Å². The van der Waals surface area contributed by atoms with E-state index in [1.807, 2.05) is 0 Å². The number of nitrogens with zero attached hydrogens (tertiary/aromatic N) is 3. The van der Waals surface area contributed by atoms with Crippen molar-refractivity contribution in [1.29, 1.82) is 0 Å². The zero-order chi connectivity index (χ0) is 15.8. The van der Waals surface area contributed by atoms with E-state index in [2.05, 4.69) is 14.7 Å². The van der Waals surface area contributed by atoms with Crippen molar-refractivity contribution in [3.05, 3.63) is 0 Å². The van der Waals surface area contributed by atoms with E-state index >= 15 is 0 Å². The molecule has 2 amide bonds. The molecule has 6 heteroatoms. The van der Waals surface area contributed by atoms with Gasteiger partial charge in [0.1, 0.15) is 0 Å². The molecule has 2 unspecified atom stereocenters. The van der Waals surface area contributed by atoms with E-state index in [1.54, 1.807) is 0 Å². The first-order valence-electron chi connectivity index (χ1n) is 9.08. The largest absolute Gasteiger partial charge is 0.379 e. The average Bonchev–Trinajstić information content (AvgIpc) is 2.57. The zero-order valence-electron chi connectivity index (χ0n) is 13.8. The summed E-state index contributed by atoms with van der Waals surface area (Å²) in [7, 11) is 0. The van der Waals surface area contributed by atoms with Crippen LogP contribution in [0.1, 0.15) is 25.7 Å². The molecule has 0 radical (unpaired) electrons. The highest BCUT2D eigenvalue weighted by atomic mass is 16.5. The standard InChI is InChI=1S/C17H27N3O3/c21-16-3-1-2-15-14-8-13(10-20(15)16)9-19(11-14)17(22)12-18-4-6-23-7-5-18/h13-15H,1-12H2/t13?,14?,15-/m1/s1. The Balaban J connectivity index is 1.39. The second kappa shape index (κ2) is 6.40. The SMILES string of the molecule is O=C(CN1CCOCC1)N1CC2CC(C1)[C@H]1CCCC(=O)N1C2. The molecule has 0 aromatic rings. The van der Waals surface area contributed by atoms with Crippen LogP contribution in [-0.2, 0) is 14.3 Å². The van der Waals surface area contributed by atoms with E-state index in [4.69, 9.17) is 4.74 Å². The highest BCUT2D eigenvalue weighted by Crippen LogP contribution is 2.37. The van der Waals surface area contributed by atoms with Gasteiger partial charge in [-0.1, -0.05) is 0 Å². The molecule has 3 atom stereocenters. The molecule has 4 heterocycles. The van der Waals surface area contributed by atoms with Crippen LogP contribution in [0.3, 0.4) is 0 Å². The van der Waals surface area contributed by atoms with Crippen LogP contribution in [0.25, 0.3) is 0 Å². The normalized spacial score (nSPS) is 35.1. The summed E-state index contributed by atoms with van der Waals surface area (Å²) in [5.41, 5.74) is 0. The smallest absolute Gasteiger partial charge is 0.236 e. The quantitative estimate of drug-likeness (QED) is 0.728. The van der Waals surface area contributed by atoms with Gasteiger partial charge in [-0.3, -0.25) is 14.5 Å². The summed E-state index contributed by atoms with van der Waals surface area (Å²) in [5.74, 6) is 1.56. The summed E-state index contributed by atoms with van der Waals surface area (Å²) in [5, 5.41) is 0. The van der Waals surface area contributed by atoms with E-state index in [0.29, 0.717) is 30.3 Å². The van der Waals surface area contributed by atoms with E-state index in [1.165, 1.54) is 6.42 Å². The molecule has 2 bridgehead atoms. The Labute approximate surface area is 137 Å². The maximum atomic E-state index is 12.7. The first kappa shape index (κ1) is 15.4. The molecule has 4 fully saturated rings. The van der Waals surface area contributed by atoms with Crippen LogP contribution >= 0.6 is 0 Å². The van der Waals surface area contributed by atoms with Gasteiger partial charge in [0.2, 0.25) is 11.8 Å². The highest BCUT2D eigenvalue weighted by molar-refractivity contribution is 5.79. The molecule has 4 aliphatic rings. The molecule has 0 aromatic carbocycles. The third-order valence-electron chi connectivity index (χ3n) is 6.00. The predicted octanol–water partition coefficient (Wildman–Crippen LogP) is 0.178. The number of piperidine rings is 3. The van der Waals surface area contributed by atoms with Crippen LogP contribution in [-0.4, -0.2) is 85.0 Å². The first-order chi connectivity index (χ1) is 11.2. The molecule has 0 spiro atoms. The Hall–Kier alpha value is -1.14. The Bertz CT molecular complexity index is 478. The average molecular weight is 321 g/mol. The number of ether oxygens (including phenoxy) is 1. The predicted molar refractivity (Wildman–Crippen MR) is 84.8 cm³/mol. The van der Waals surface area contributed by atoms with Crippen LogP contribution in [0.5, 0.6) is 0 Å². The molecule has 0 saturated carbocycles. The molecule has 0 aromatic heterocycles. The van der Waals surface area contributed by atoms with Crippen molar-refractivity contribution in [1.82, 2.24) is 14.7 Å². The van der Waals surface area contributed by atoms with Crippen LogP contribution in [0.2, 0.25) is 0 Å². The van der Waals surface area contributed by atoms with Gasteiger partial charge in [-0.05, 0) is 31.1 Å². The van der Waals surface area contributed by atoms with Gasteiger partial charge in [0.15, 0.2) is 0 Å². The summed E-state index contributed by atoms with van der Waals surface area (Å²) >= 11 is 0. The second-order valence-corrected chi connectivity index (χ2v) is 7.55. The molecule has 128 valence electrons. The van der Waals surface area contributed by atoms with Crippen molar-refractivity contribution >= 4 is 11.8 Å². The monoisotopic (exact) mass is 321 g/mol. The van der Waals surface area contributed by atoms with Crippen molar-refractivity contribution in [2.75, 3.05) is 52.5 Å². The van der Waals surface area contributed by atoms with Gasteiger partial charge < -0.3 is 14.5 Å². The maximum absolute atomic E-state index is 12.7. The maximum Gasteiger partial charge on any atom is 0.236 e. The van der Waals surface area contributed by atoms with Gasteiger partial charge in [0, 0.05) is 45.2 Å². The summed E-state index contributed by atoms with van der Waals surface area (Å²) in [6.07, 6.45) is 4.04. The van der Waals surface area contributed by atoms with Gasteiger partial charge in [-0.25, -0.2) is 0 Å². The van der Waals surface area contributed by atoms with Crippen LogP contribution in [0, 0.1) is 11.8 Å². The van der Waals surface area contributed by atoms with Crippen molar-refractivity contribution in [2.45, 2.75) is 31.7 Å². The fourth-order valence-corrected chi connectivity index (χ4v) is 4.86. The van der Waals surface area contributed by atoms with Crippen molar-refractivity contribution in [3.63, 3.8) is 0 Å². The first-order valence-corrected chi connectivity index (χ1v) is 9.08. The minimum Gasteiger partial charge on any atom is -0.379 e. The topological polar surface area (TPSA) is 53.1 Å². The number of rotatable bonds is 2. The Morgan fingerprint density at radius 2 is 2.00 bits per heavy atom. The molecule has 6 nitrogen and oxygen atoms in total. The number of hydrogen-bond donors (Lipinski definition) is 0. The number of carbonyl (C=O) groups is 2. The number of amides is 2. The molecule has 0 aliphatic carbocycles. The zero-order valence-corrected chi connectivity index (χ0v) is 13.8. The number of carbonyl (C=O) groups excluding carboxylic acids is 2. The molecule has 4 rings (SSSR count). The summed E-state index contributed by atoms with van der Waals surface area (Å²) < 4.78 is 5.35. The fourth-order valence-electron chi connectivity index (χ4n) is 4.86. The van der Waals surface area contributed by atoms with Gasteiger partial charge in [0.25, 0.3) is 0 Å². The lowest BCUT2D eigenvalue weighted by Crippen LogP contribution is -2.62. The number of likely N-dealkylation sites (tertiary alicyclic amines) is 1. The molecular formula is C17H27N3O3. The van der Waals surface area contributed by atoms with E-state index in [-0.39, 0.29) is 5.91 Å². The third kappa shape index (κ3) is 3.11. The molecule has 4 saturated heterocycles. The summed E-state index contributed by atoms with van der Waals surface area (Å²) in [6.45, 7) is 6.24. The highest BCUT2D eigenvalue weighted by Gasteiger charge is 2.44. The van der Waals surface area contributed by atoms with E-state index in [9.17, 15) is 9.59 Å². The lowest BCUT2D eigenvalue weighted by Gasteiger charge is -2.52. The number of fused-ring (bicyclic) bond motifs is 4. The van der Waals surface area contributed by atoms with Crippen LogP contribution in [0.4, 0.5) is 0 Å². The third-order valence-corrected chi connectivity index (χ3v) is 6.00. The molecule has 0 N–H and O–H groups in total. The fraction of sp³-hybridized carbons (Fsp3) is 0.882. The molecule has 23 heavy (non-hydrogen) atoms. The molecule has 4 aliphatic heterocycles. The number of morpholine rings is 1. The number of hydrogen-bond acceptors (Lipinski definition) is 4. The Morgan fingerprint density at radius 3 is 2.83 bits per heavy atom. The van der Waals surface area contributed by atoms with Gasteiger partial charge in [0.05, 0.1) is 19.8 Å². The van der Waals surface area contributed by atoms with E-state index < -0.39 is 0 Å². The summed E-state index contributed by atoms with van der Waals surface area (Å²) in [4.78, 5) is 31.3. The summed E-state index contributed by atoms with van der Waals surface area (Å²) in [6, 6.07) is 0.381. The van der Waals surface area contributed by atoms with Gasteiger partial charge in [-0.15, -0.1) is 0 Å². The van der Waals surface area contributed by atoms with Crippen molar-refractivity contribution < 1.29 is 14.3 Å². The Kier molecular flexibility index (Phi) is 4.28. The second-order valence-electron chi connectivity index (χ2n) is 7.55. The van der Waals surface area contributed by atoms with E-state index in [0.717, 1.165) is 65.2 Å². The van der Waals surface area contributed by atoms with Crippen LogP contribution < -0.4 is 0 Å². The lowest BCUT2D eigenvalue weighted by atomic mass is 9.76.